The van der Waals surface area contributed by atoms with Crippen molar-refractivity contribution in [2.75, 3.05) is 19.5 Å². The molecule has 1 aliphatic carbocycles. The minimum atomic E-state index is -0.535. The number of aliphatic hydroxyl groups excluding tert-OH is 1. The van der Waals surface area contributed by atoms with Gasteiger partial charge in [-0.3, -0.25) is 4.57 Å². The van der Waals surface area contributed by atoms with Gasteiger partial charge in [-0.25, -0.2) is 4.79 Å². The number of aromatic nitrogens is 2. The first kappa shape index (κ1) is 13.0. The number of hydrogen-bond acceptors (Lipinski definition) is 5. The molecule has 18 heavy (non-hydrogen) atoms. The third-order valence-electron chi connectivity index (χ3n) is 3.53. The van der Waals surface area contributed by atoms with E-state index in [9.17, 15) is 9.90 Å². The minimum absolute atomic E-state index is 0.232. The van der Waals surface area contributed by atoms with E-state index in [1.165, 1.54) is 4.57 Å². The molecule has 3 unspecified atom stereocenters. The van der Waals surface area contributed by atoms with Crippen LogP contribution in [-0.2, 0) is 4.74 Å². The summed E-state index contributed by atoms with van der Waals surface area (Å²) >= 11 is 0. The van der Waals surface area contributed by atoms with E-state index in [4.69, 9.17) is 10.5 Å². The average Bonchev–Trinajstić information content (AvgIpc) is 2.65. The van der Waals surface area contributed by atoms with Crippen LogP contribution in [0.2, 0.25) is 0 Å². The van der Waals surface area contributed by atoms with Gasteiger partial charge < -0.3 is 15.6 Å². The van der Waals surface area contributed by atoms with Gasteiger partial charge in [-0.2, -0.15) is 4.98 Å². The minimum Gasteiger partial charge on any atom is -0.391 e. The first-order chi connectivity index (χ1) is 8.52. The van der Waals surface area contributed by atoms with E-state index >= 15 is 0 Å². The summed E-state index contributed by atoms with van der Waals surface area (Å²) in [6, 6.07) is -0.232. The molecule has 0 radical (unpaired) electrons. The highest BCUT2D eigenvalue weighted by atomic mass is 16.5. The standard InChI is InChI=1S/C12H19N3O3/c1-7-5-15(12(17)14-11(7)13)9-3-8(6-18-2)4-10(9)16/h5,8-10,16H,3-4,6H2,1-2H3,(H2,13,14,17). The zero-order chi connectivity index (χ0) is 13.3. The van der Waals surface area contributed by atoms with E-state index in [2.05, 4.69) is 4.98 Å². The predicted octanol–water partition coefficient (Wildman–Crippen LogP) is 0.0923. The highest BCUT2D eigenvalue weighted by Crippen LogP contribution is 2.34. The number of hydrogen-bond donors (Lipinski definition) is 2. The van der Waals surface area contributed by atoms with Crippen LogP contribution in [0.15, 0.2) is 11.0 Å². The van der Waals surface area contributed by atoms with Crippen molar-refractivity contribution in [2.45, 2.75) is 31.9 Å². The zero-order valence-electron chi connectivity index (χ0n) is 10.7. The summed E-state index contributed by atoms with van der Waals surface area (Å²) in [5.41, 5.74) is 5.94. The Kier molecular flexibility index (Phi) is 3.68. The SMILES string of the molecule is COCC1CC(O)C(n2cc(C)c(N)nc2=O)C1. The molecule has 1 aromatic rings. The molecule has 3 atom stereocenters. The Morgan fingerprint density at radius 3 is 3.00 bits per heavy atom. The fourth-order valence-electron chi connectivity index (χ4n) is 2.58. The van der Waals surface area contributed by atoms with Gasteiger partial charge in [0.05, 0.1) is 12.1 Å². The van der Waals surface area contributed by atoms with Crippen molar-refractivity contribution in [3.8, 4) is 0 Å². The maximum Gasteiger partial charge on any atom is 0.349 e. The van der Waals surface area contributed by atoms with Gasteiger partial charge in [0.1, 0.15) is 5.82 Å². The second-order valence-electron chi connectivity index (χ2n) is 4.93. The lowest BCUT2D eigenvalue weighted by Gasteiger charge is -2.18. The molecule has 1 saturated carbocycles. The van der Waals surface area contributed by atoms with Crippen molar-refractivity contribution in [3.05, 3.63) is 22.2 Å². The van der Waals surface area contributed by atoms with Crippen molar-refractivity contribution in [3.63, 3.8) is 0 Å². The number of nitrogens with two attached hydrogens (primary N) is 1. The predicted molar refractivity (Wildman–Crippen MR) is 67.3 cm³/mol. The topological polar surface area (TPSA) is 90.4 Å². The van der Waals surface area contributed by atoms with Crippen molar-refractivity contribution in [2.24, 2.45) is 5.92 Å². The van der Waals surface area contributed by atoms with Gasteiger partial charge in [0.25, 0.3) is 0 Å². The van der Waals surface area contributed by atoms with Gasteiger partial charge in [-0.15, -0.1) is 0 Å². The monoisotopic (exact) mass is 253 g/mol. The van der Waals surface area contributed by atoms with Crippen molar-refractivity contribution in [1.29, 1.82) is 0 Å². The summed E-state index contributed by atoms with van der Waals surface area (Å²) in [4.78, 5) is 15.6. The number of anilines is 1. The van der Waals surface area contributed by atoms with Crippen molar-refractivity contribution in [1.82, 2.24) is 9.55 Å². The highest BCUT2D eigenvalue weighted by Gasteiger charge is 2.34. The third-order valence-corrected chi connectivity index (χ3v) is 3.53. The Balaban J connectivity index is 2.27. The zero-order valence-corrected chi connectivity index (χ0v) is 10.7. The Labute approximate surface area is 105 Å². The summed E-state index contributed by atoms with van der Waals surface area (Å²) in [6.45, 7) is 2.40. The number of ether oxygens (including phenoxy) is 1. The fourth-order valence-corrected chi connectivity index (χ4v) is 2.58. The van der Waals surface area contributed by atoms with Crippen molar-refractivity contribution < 1.29 is 9.84 Å². The van der Waals surface area contributed by atoms with Gasteiger partial charge in [0.15, 0.2) is 0 Å². The number of rotatable bonds is 3. The van der Waals surface area contributed by atoms with Crippen LogP contribution in [0, 0.1) is 12.8 Å². The normalized spacial score (nSPS) is 27.6. The largest absolute Gasteiger partial charge is 0.391 e. The maximum atomic E-state index is 11.8. The summed E-state index contributed by atoms with van der Waals surface area (Å²) in [6.07, 6.45) is 2.51. The van der Waals surface area contributed by atoms with Crippen LogP contribution in [0.4, 0.5) is 5.82 Å². The molecule has 0 spiro atoms. The summed E-state index contributed by atoms with van der Waals surface area (Å²) < 4.78 is 6.59. The summed E-state index contributed by atoms with van der Waals surface area (Å²) in [7, 11) is 1.64. The van der Waals surface area contributed by atoms with Crippen LogP contribution in [0.1, 0.15) is 24.4 Å². The summed E-state index contributed by atoms with van der Waals surface area (Å²) in [5, 5.41) is 10.0. The molecule has 6 nitrogen and oxygen atoms in total. The molecule has 0 saturated heterocycles. The average molecular weight is 253 g/mol. The molecule has 1 fully saturated rings. The third kappa shape index (κ3) is 2.39. The quantitative estimate of drug-likeness (QED) is 0.797. The molecule has 2 rings (SSSR count). The van der Waals surface area contributed by atoms with Gasteiger partial charge in [-0.1, -0.05) is 0 Å². The molecule has 100 valence electrons. The lowest BCUT2D eigenvalue weighted by molar-refractivity contribution is 0.122. The maximum absolute atomic E-state index is 11.8. The molecule has 6 heteroatoms. The number of aliphatic hydroxyl groups is 1. The first-order valence-electron chi connectivity index (χ1n) is 6.05. The van der Waals surface area contributed by atoms with Crippen LogP contribution in [-0.4, -0.2) is 34.5 Å². The lowest BCUT2D eigenvalue weighted by Crippen LogP contribution is -2.31. The molecule has 0 aliphatic heterocycles. The molecule has 0 aromatic carbocycles. The van der Waals surface area contributed by atoms with Gasteiger partial charge in [0, 0.05) is 25.5 Å². The molecule has 0 amide bonds. The second kappa shape index (κ2) is 5.07. The van der Waals surface area contributed by atoms with Gasteiger partial charge >= 0.3 is 5.69 Å². The first-order valence-corrected chi connectivity index (χ1v) is 6.05. The summed E-state index contributed by atoms with van der Waals surface area (Å²) in [5.74, 6) is 0.525. The Bertz CT molecular complexity index is 486. The molecule has 1 heterocycles. The molecule has 0 bridgehead atoms. The van der Waals surface area contributed by atoms with Gasteiger partial charge in [0.2, 0.25) is 0 Å². The van der Waals surface area contributed by atoms with Crippen LogP contribution in [0.3, 0.4) is 0 Å². The highest BCUT2D eigenvalue weighted by molar-refractivity contribution is 5.35. The molecule has 1 aliphatic rings. The fraction of sp³-hybridized carbons (Fsp3) is 0.667. The smallest absolute Gasteiger partial charge is 0.349 e. The Morgan fingerprint density at radius 2 is 2.33 bits per heavy atom. The van der Waals surface area contributed by atoms with E-state index in [0.29, 0.717) is 13.0 Å². The Morgan fingerprint density at radius 1 is 1.61 bits per heavy atom. The van der Waals surface area contributed by atoms with E-state index in [-0.39, 0.29) is 17.8 Å². The second-order valence-corrected chi connectivity index (χ2v) is 4.93. The van der Waals surface area contributed by atoms with Crippen LogP contribution in [0.5, 0.6) is 0 Å². The van der Waals surface area contributed by atoms with E-state index < -0.39 is 11.8 Å². The van der Waals surface area contributed by atoms with Crippen molar-refractivity contribution >= 4 is 5.82 Å². The number of aryl methyl sites for hydroxylation is 1. The molecule has 3 N–H and O–H groups in total. The molecule has 1 aromatic heterocycles. The van der Waals surface area contributed by atoms with E-state index in [1.807, 2.05) is 0 Å². The number of methoxy groups -OCH3 is 1. The Hall–Kier alpha value is -1.40. The molecular formula is C12H19N3O3. The van der Waals surface area contributed by atoms with E-state index in [0.717, 1.165) is 12.0 Å². The van der Waals surface area contributed by atoms with Gasteiger partial charge in [-0.05, 0) is 25.7 Å². The lowest BCUT2D eigenvalue weighted by atomic mass is 10.1. The van der Waals surface area contributed by atoms with E-state index in [1.54, 1.807) is 20.2 Å². The molecular weight excluding hydrogens is 234 g/mol. The van der Waals surface area contributed by atoms with Crippen LogP contribution in [0.25, 0.3) is 0 Å². The van der Waals surface area contributed by atoms with Crippen LogP contribution >= 0.6 is 0 Å². The van der Waals surface area contributed by atoms with Crippen LogP contribution < -0.4 is 11.4 Å². The number of nitrogens with zero attached hydrogens (tertiary/aromatic N) is 2. The number of nitrogen functional groups attached to an aromatic ring is 1.